The molecule has 0 spiro atoms. The lowest BCUT2D eigenvalue weighted by molar-refractivity contribution is 1.44. The molecule has 0 atom stereocenters. The molecule has 0 heterocycles. The van der Waals surface area contributed by atoms with E-state index in [1.165, 1.54) is 0 Å². The van der Waals surface area contributed by atoms with Crippen molar-refractivity contribution >= 4 is 17.3 Å². The SMILES string of the molecule is N#Cc1c(-c2ccccc2)cc(-c2ccccc2Cl)c(C#N)c1N. The highest BCUT2D eigenvalue weighted by molar-refractivity contribution is 6.33. The van der Waals surface area contributed by atoms with Gasteiger partial charge in [-0.25, -0.2) is 0 Å². The van der Waals surface area contributed by atoms with Gasteiger partial charge in [0.15, 0.2) is 0 Å². The number of hydrogen-bond acceptors (Lipinski definition) is 3. The van der Waals surface area contributed by atoms with Crippen molar-refractivity contribution in [1.82, 2.24) is 0 Å². The Morgan fingerprint density at radius 2 is 1.33 bits per heavy atom. The molecule has 4 heteroatoms. The van der Waals surface area contributed by atoms with E-state index in [4.69, 9.17) is 17.3 Å². The van der Waals surface area contributed by atoms with Crippen molar-refractivity contribution in [3.8, 4) is 34.4 Å². The number of rotatable bonds is 2. The van der Waals surface area contributed by atoms with Crippen LogP contribution in [0.2, 0.25) is 5.02 Å². The van der Waals surface area contributed by atoms with Crippen LogP contribution >= 0.6 is 11.6 Å². The maximum Gasteiger partial charge on any atom is 0.102 e. The predicted molar refractivity (Wildman–Crippen MR) is 96.2 cm³/mol. The summed E-state index contributed by atoms with van der Waals surface area (Å²) in [6.07, 6.45) is 0. The molecule has 2 N–H and O–H groups in total. The van der Waals surface area contributed by atoms with Crippen LogP contribution in [-0.4, -0.2) is 0 Å². The van der Waals surface area contributed by atoms with Gasteiger partial charge in [0.2, 0.25) is 0 Å². The van der Waals surface area contributed by atoms with Gasteiger partial charge in [-0.2, -0.15) is 10.5 Å². The molecule has 0 aliphatic heterocycles. The van der Waals surface area contributed by atoms with Crippen LogP contribution in [0.15, 0.2) is 60.7 Å². The molecule has 3 rings (SSSR count). The lowest BCUT2D eigenvalue weighted by Crippen LogP contribution is -2.01. The number of nitrogens with two attached hydrogens (primary N) is 1. The smallest absolute Gasteiger partial charge is 0.102 e. The van der Waals surface area contributed by atoms with E-state index in [9.17, 15) is 10.5 Å². The highest BCUT2D eigenvalue weighted by Crippen LogP contribution is 2.39. The summed E-state index contributed by atoms with van der Waals surface area (Å²) < 4.78 is 0. The van der Waals surface area contributed by atoms with Gasteiger partial charge < -0.3 is 5.73 Å². The lowest BCUT2D eigenvalue weighted by atomic mass is 9.89. The Labute approximate surface area is 145 Å². The molecule has 0 amide bonds. The molecule has 114 valence electrons. The first kappa shape index (κ1) is 15.6. The number of nitrogen functional groups attached to an aromatic ring is 1. The van der Waals surface area contributed by atoms with Crippen LogP contribution in [0.1, 0.15) is 11.1 Å². The zero-order valence-corrected chi connectivity index (χ0v) is 13.4. The molecule has 0 aromatic heterocycles. The number of nitrogens with zero attached hydrogens (tertiary/aromatic N) is 2. The highest BCUT2D eigenvalue weighted by Gasteiger charge is 2.19. The minimum atomic E-state index is 0.177. The van der Waals surface area contributed by atoms with Crippen LogP contribution in [-0.2, 0) is 0 Å². The number of nitriles is 2. The van der Waals surface area contributed by atoms with Crippen LogP contribution in [0.4, 0.5) is 5.69 Å². The molecular weight excluding hydrogens is 318 g/mol. The average Bonchev–Trinajstić information content (AvgIpc) is 2.62. The predicted octanol–water partition coefficient (Wildman–Crippen LogP) is 5.00. The van der Waals surface area contributed by atoms with Gasteiger partial charge in [0.05, 0.1) is 16.8 Å². The third-order valence-electron chi connectivity index (χ3n) is 3.84. The Balaban J connectivity index is 2.40. The summed E-state index contributed by atoms with van der Waals surface area (Å²) in [7, 11) is 0. The second-order valence-electron chi connectivity index (χ2n) is 5.20. The van der Waals surface area contributed by atoms with E-state index in [0.29, 0.717) is 27.3 Å². The molecule has 0 radical (unpaired) electrons. The fourth-order valence-corrected chi connectivity index (χ4v) is 2.92. The lowest BCUT2D eigenvalue weighted by Gasteiger charge is -2.14. The molecule has 0 bridgehead atoms. The van der Waals surface area contributed by atoms with Crippen molar-refractivity contribution in [1.29, 1.82) is 10.5 Å². The van der Waals surface area contributed by atoms with Gasteiger partial charge in [-0.05, 0) is 17.7 Å². The third kappa shape index (κ3) is 2.58. The average molecular weight is 330 g/mol. The highest BCUT2D eigenvalue weighted by atomic mass is 35.5. The van der Waals surface area contributed by atoms with Crippen LogP contribution in [0.5, 0.6) is 0 Å². The van der Waals surface area contributed by atoms with Crippen molar-refractivity contribution in [2.45, 2.75) is 0 Å². The molecule has 24 heavy (non-hydrogen) atoms. The van der Waals surface area contributed by atoms with E-state index < -0.39 is 0 Å². The van der Waals surface area contributed by atoms with Crippen molar-refractivity contribution in [3.63, 3.8) is 0 Å². The number of anilines is 1. The molecular formula is C20H12ClN3. The van der Waals surface area contributed by atoms with Gasteiger partial charge in [-0.1, -0.05) is 60.1 Å². The first-order valence-corrected chi connectivity index (χ1v) is 7.62. The molecule has 3 aromatic rings. The Kier molecular flexibility index (Phi) is 4.20. The summed E-state index contributed by atoms with van der Waals surface area (Å²) in [5.41, 5.74) is 9.76. The van der Waals surface area contributed by atoms with Crippen LogP contribution in [0.25, 0.3) is 22.3 Å². The molecule has 0 aliphatic carbocycles. The fraction of sp³-hybridized carbons (Fsp3) is 0. The van der Waals surface area contributed by atoms with Gasteiger partial charge in [-0.15, -0.1) is 0 Å². The van der Waals surface area contributed by atoms with E-state index in [1.807, 2.05) is 54.6 Å². The molecule has 0 unspecified atom stereocenters. The topological polar surface area (TPSA) is 73.6 Å². The number of hydrogen-bond donors (Lipinski definition) is 1. The standard InChI is InChI=1S/C20H12ClN3/c21-19-9-5-4-8-14(19)16-10-15(13-6-2-1-3-7-13)17(11-22)20(24)18(16)12-23/h1-10H,24H2. The van der Waals surface area contributed by atoms with Crippen molar-refractivity contribution in [2.24, 2.45) is 0 Å². The summed E-state index contributed by atoms with van der Waals surface area (Å²) in [5.74, 6) is 0. The Morgan fingerprint density at radius 1 is 0.750 bits per heavy atom. The third-order valence-corrected chi connectivity index (χ3v) is 4.17. The van der Waals surface area contributed by atoms with Crippen LogP contribution in [0, 0.1) is 22.7 Å². The summed E-state index contributed by atoms with van der Waals surface area (Å²) >= 11 is 6.30. The second-order valence-corrected chi connectivity index (χ2v) is 5.61. The largest absolute Gasteiger partial charge is 0.397 e. The Bertz CT molecular complexity index is 996. The van der Waals surface area contributed by atoms with E-state index in [-0.39, 0.29) is 11.3 Å². The molecule has 3 aromatic carbocycles. The first-order chi connectivity index (χ1) is 11.7. The summed E-state index contributed by atoms with van der Waals surface area (Å²) in [6.45, 7) is 0. The zero-order valence-electron chi connectivity index (χ0n) is 12.6. The van der Waals surface area contributed by atoms with Gasteiger partial charge in [0.25, 0.3) is 0 Å². The zero-order chi connectivity index (χ0) is 17.1. The maximum atomic E-state index is 9.55. The normalized spacial score (nSPS) is 9.96. The van der Waals surface area contributed by atoms with E-state index >= 15 is 0 Å². The quantitative estimate of drug-likeness (QED) is 0.672. The number of halogens is 1. The van der Waals surface area contributed by atoms with Crippen LogP contribution in [0.3, 0.4) is 0 Å². The summed E-state index contributed by atoms with van der Waals surface area (Å²) in [5, 5.41) is 19.6. The Morgan fingerprint density at radius 3 is 1.96 bits per heavy atom. The van der Waals surface area contributed by atoms with Crippen molar-refractivity contribution < 1.29 is 0 Å². The monoisotopic (exact) mass is 329 g/mol. The number of benzene rings is 3. The molecule has 0 saturated carbocycles. The van der Waals surface area contributed by atoms with E-state index in [1.54, 1.807) is 6.07 Å². The first-order valence-electron chi connectivity index (χ1n) is 7.24. The molecule has 0 fully saturated rings. The van der Waals surface area contributed by atoms with Crippen molar-refractivity contribution in [2.75, 3.05) is 5.73 Å². The van der Waals surface area contributed by atoms with Gasteiger partial charge in [-0.3, -0.25) is 0 Å². The maximum absolute atomic E-state index is 9.55. The molecule has 3 nitrogen and oxygen atoms in total. The second kappa shape index (κ2) is 6.46. The molecule has 0 saturated heterocycles. The van der Waals surface area contributed by atoms with Gasteiger partial charge in [0, 0.05) is 21.7 Å². The van der Waals surface area contributed by atoms with Gasteiger partial charge in [0.1, 0.15) is 12.1 Å². The minimum Gasteiger partial charge on any atom is -0.397 e. The minimum absolute atomic E-state index is 0.177. The van der Waals surface area contributed by atoms with E-state index in [2.05, 4.69) is 12.1 Å². The van der Waals surface area contributed by atoms with E-state index in [0.717, 1.165) is 5.56 Å². The Hall–Kier alpha value is -3.27. The van der Waals surface area contributed by atoms with Crippen molar-refractivity contribution in [3.05, 3.63) is 76.8 Å². The molecule has 0 aliphatic rings. The fourth-order valence-electron chi connectivity index (χ4n) is 2.68. The summed E-state index contributed by atoms with van der Waals surface area (Å²) in [6, 6.07) is 22.8. The van der Waals surface area contributed by atoms with Crippen LogP contribution < -0.4 is 5.73 Å². The summed E-state index contributed by atoms with van der Waals surface area (Å²) in [4.78, 5) is 0. The van der Waals surface area contributed by atoms with Gasteiger partial charge >= 0.3 is 0 Å².